The summed E-state index contributed by atoms with van der Waals surface area (Å²) in [4.78, 5) is 45.5. The number of hydrogen-bond donors (Lipinski definition) is 0. The zero-order chi connectivity index (χ0) is 20.2. The number of likely N-dealkylation sites (tertiary alicyclic amines) is 1. The van der Waals surface area contributed by atoms with E-state index in [0.717, 1.165) is 47.1 Å². The summed E-state index contributed by atoms with van der Waals surface area (Å²) in [6.45, 7) is 0.391. The summed E-state index contributed by atoms with van der Waals surface area (Å²) in [5, 5.41) is -0.402. The minimum atomic E-state index is -0.410. The van der Waals surface area contributed by atoms with Crippen molar-refractivity contribution in [3.05, 3.63) is 70.9 Å². The van der Waals surface area contributed by atoms with Gasteiger partial charge in [-0.15, -0.1) is 0 Å². The third-order valence-corrected chi connectivity index (χ3v) is 6.06. The highest BCUT2D eigenvalue weighted by Crippen LogP contribution is 2.34. The molecule has 0 radical (unpaired) electrons. The molecular formula is C22H21N3O3S. The number of rotatable bonds is 4. The number of benzene rings is 1. The van der Waals surface area contributed by atoms with Crippen LogP contribution >= 0.6 is 11.8 Å². The molecule has 1 aromatic carbocycles. The predicted octanol–water partition coefficient (Wildman–Crippen LogP) is 3.87. The van der Waals surface area contributed by atoms with E-state index >= 15 is 0 Å². The Balaban J connectivity index is 1.49. The second kappa shape index (κ2) is 8.61. The van der Waals surface area contributed by atoms with Crippen molar-refractivity contribution in [1.82, 2.24) is 14.8 Å². The SMILES string of the molecule is O=C1S/C(=C\c2ccccc2)C(=O)N1CC(=O)N1CCCC[C@H]1c1cccnc1. The number of aromatic nitrogens is 1. The Morgan fingerprint density at radius 2 is 1.97 bits per heavy atom. The Morgan fingerprint density at radius 1 is 1.14 bits per heavy atom. The quantitative estimate of drug-likeness (QED) is 0.720. The second-order valence-electron chi connectivity index (χ2n) is 7.06. The maximum absolute atomic E-state index is 13.0. The number of carbonyl (C=O) groups is 3. The molecule has 2 aromatic rings. The number of hydrogen-bond acceptors (Lipinski definition) is 5. The summed E-state index contributed by atoms with van der Waals surface area (Å²) in [5.41, 5.74) is 1.83. The maximum Gasteiger partial charge on any atom is 0.294 e. The molecule has 3 amide bonds. The van der Waals surface area contributed by atoms with Crippen LogP contribution in [0.2, 0.25) is 0 Å². The molecule has 2 aliphatic heterocycles. The highest BCUT2D eigenvalue weighted by Gasteiger charge is 2.38. The number of imide groups is 1. The van der Waals surface area contributed by atoms with E-state index in [9.17, 15) is 14.4 Å². The first-order valence-electron chi connectivity index (χ1n) is 9.63. The van der Waals surface area contributed by atoms with Gasteiger partial charge in [0.2, 0.25) is 5.91 Å². The molecule has 2 aliphatic rings. The van der Waals surface area contributed by atoms with E-state index in [1.54, 1.807) is 23.4 Å². The van der Waals surface area contributed by atoms with Gasteiger partial charge in [0.05, 0.1) is 10.9 Å². The maximum atomic E-state index is 13.0. The van der Waals surface area contributed by atoms with Crippen LogP contribution < -0.4 is 0 Å². The van der Waals surface area contributed by atoms with Crippen LogP contribution in [0.15, 0.2) is 59.8 Å². The summed E-state index contributed by atoms with van der Waals surface area (Å²) in [6.07, 6.45) is 7.97. The average Bonchev–Trinajstić information content (AvgIpc) is 3.02. The Bertz CT molecular complexity index is 946. The molecule has 29 heavy (non-hydrogen) atoms. The number of nitrogens with zero attached hydrogens (tertiary/aromatic N) is 3. The lowest BCUT2D eigenvalue weighted by Crippen LogP contribution is -2.45. The minimum absolute atomic E-state index is 0.0651. The number of amides is 3. The zero-order valence-corrected chi connectivity index (χ0v) is 16.7. The van der Waals surface area contributed by atoms with Crippen LogP contribution in [0.4, 0.5) is 4.79 Å². The summed E-state index contributed by atoms with van der Waals surface area (Å²) < 4.78 is 0. The number of pyridine rings is 1. The first-order chi connectivity index (χ1) is 14.1. The van der Waals surface area contributed by atoms with E-state index < -0.39 is 11.1 Å². The van der Waals surface area contributed by atoms with Gasteiger partial charge in [0.1, 0.15) is 6.54 Å². The van der Waals surface area contributed by atoms with Crippen LogP contribution in [0.1, 0.15) is 36.4 Å². The molecule has 148 valence electrons. The fourth-order valence-corrected chi connectivity index (χ4v) is 4.55. The highest BCUT2D eigenvalue weighted by molar-refractivity contribution is 8.18. The molecule has 0 aliphatic carbocycles. The third kappa shape index (κ3) is 4.24. The summed E-state index contributed by atoms with van der Waals surface area (Å²) in [6, 6.07) is 13.1. The molecule has 0 saturated carbocycles. The summed E-state index contributed by atoms with van der Waals surface area (Å²) in [7, 11) is 0. The zero-order valence-electron chi connectivity index (χ0n) is 15.9. The highest BCUT2D eigenvalue weighted by atomic mass is 32.2. The Labute approximate surface area is 173 Å². The van der Waals surface area contributed by atoms with Gasteiger partial charge in [-0.2, -0.15) is 0 Å². The second-order valence-corrected chi connectivity index (χ2v) is 8.06. The van der Waals surface area contributed by atoms with E-state index in [1.165, 1.54) is 0 Å². The molecule has 2 saturated heterocycles. The molecule has 0 N–H and O–H groups in total. The van der Waals surface area contributed by atoms with Crippen LogP contribution in [0.5, 0.6) is 0 Å². The smallest absolute Gasteiger partial charge is 0.294 e. The fraction of sp³-hybridized carbons (Fsp3) is 0.273. The monoisotopic (exact) mass is 407 g/mol. The summed E-state index contributed by atoms with van der Waals surface area (Å²) >= 11 is 0.880. The molecule has 2 fully saturated rings. The molecule has 3 heterocycles. The van der Waals surface area contributed by atoms with Gasteiger partial charge >= 0.3 is 0 Å². The molecule has 0 bridgehead atoms. The van der Waals surface area contributed by atoms with Crippen LogP contribution in [0, 0.1) is 0 Å². The van der Waals surface area contributed by atoms with Gasteiger partial charge in [-0.25, -0.2) is 0 Å². The first kappa shape index (κ1) is 19.4. The van der Waals surface area contributed by atoms with Crippen molar-refractivity contribution >= 4 is 34.9 Å². The van der Waals surface area contributed by atoms with Crippen molar-refractivity contribution in [3.63, 3.8) is 0 Å². The Kier molecular flexibility index (Phi) is 5.76. The van der Waals surface area contributed by atoms with Crippen molar-refractivity contribution in [2.24, 2.45) is 0 Å². The van der Waals surface area contributed by atoms with Crippen LogP contribution in [-0.2, 0) is 9.59 Å². The van der Waals surface area contributed by atoms with E-state index in [-0.39, 0.29) is 18.5 Å². The summed E-state index contributed by atoms with van der Waals surface area (Å²) in [5.74, 6) is -0.617. The molecule has 1 atom stereocenters. The fourth-order valence-electron chi connectivity index (χ4n) is 3.71. The van der Waals surface area contributed by atoms with Gasteiger partial charge in [0.25, 0.3) is 11.1 Å². The van der Waals surface area contributed by atoms with Gasteiger partial charge in [-0.05, 0) is 54.3 Å². The lowest BCUT2D eigenvalue weighted by atomic mass is 9.96. The lowest BCUT2D eigenvalue weighted by Gasteiger charge is -2.36. The molecule has 0 unspecified atom stereocenters. The minimum Gasteiger partial charge on any atom is -0.334 e. The van der Waals surface area contributed by atoms with Crippen LogP contribution in [0.25, 0.3) is 6.08 Å². The standard InChI is InChI=1S/C22H21N3O3S/c26-20(24-12-5-4-10-18(24)17-9-6-11-23-14-17)15-25-21(27)19(29-22(25)28)13-16-7-2-1-3-8-16/h1-3,6-9,11,13-14,18H,4-5,10,12,15H2/b19-13-/t18-/m0/s1. The van der Waals surface area contributed by atoms with Gasteiger partial charge in [0, 0.05) is 18.9 Å². The van der Waals surface area contributed by atoms with Crippen molar-refractivity contribution in [2.75, 3.05) is 13.1 Å². The van der Waals surface area contributed by atoms with Crippen molar-refractivity contribution in [3.8, 4) is 0 Å². The normalized spacial score (nSPS) is 21.1. The van der Waals surface area contributed by atoms with Gasteiger partial charge in [0.15, 0.2) is 0 Å². The Hall–Kier alpha value is -2.93. The van der Waals surface area contributed by atoms with Gasteiger partial charge in [-0.3, -0.25) is 24.3 Å². The molecule has 4 rings (SSSR count). The van der Waals surface area contributed by atoms with E-state index in [0.29, 0.717) is 11.4 Å². The molecular weight excluding hydrogens is 386 g/mol. The van der Waals surface area contributed by atoms with E-state index in [4.69, 9.17) is 0 Å². The number of thioether (sulfide) groups is 1. The molecule has 6 nitrogen and oxygen atoms in total. The Morgan fingerprint density at radius 3 is 2.72 bits per heavy atom. The van der Waals surface area contributed by atoms with Crippen LogP contribution in [-0.4, -0.2) is 44.9 Å². The molecule has 7 heteroatoms. The number of carbonyl (C=O) groups excluding carboxylic acids is 3. The van der Waals surface area contributed by atoms with Crippen LogP contribution in [0.3, 0.4) is 0 Å². The number of piperidine rings is 1. The van der Waals surface area contributed by atoms with E-state index in [1.807, 2.05) is 42.5 Å². The van der Waals surface area contributed by atoms with Gasteiger partial charge in [-0.1, -0.05) is 36.4 Å². The first-order valence-corrected chi connectivity index (χ1v) is 10.4. The third-order valence-electron chi connectivity index (χ3n) is 5.16. The van der Waals surface area contributed by atoms with Crippen molar-refractivity contribution < 1.29 is 14.4 Å². The van der Waals surface area contributed by atoms with Gasteiger partial charge < -0.3 is 4.90 Å². The van der Waals surface area contributed by atoms with E-state index in [2.05, 4.69) is 4.98 Å². The molecule has 1 aromatic heterocycles. The largest absolute Gasteiger partial charge is 0.334 e. The molecule has 0 spiro atoms. The average molecular weight is 407 g/mol. The predicted molar refractivity (Wildman–Crippen MR) is 112 cm³/mol. The van der Waals surface area contributed by atoms with Crippen molar-refractivity contribution in [2.45, 2.75) is 25.3 Å². The topological polar surface area (TPSA) is 70.6 Å². The lowest BCUT2D eigenvalue weighted by molar-refractivity contribution is -0.138. The van der Waals surface area contributed by atoms with Crippen molar-refractivity contribution in [1.29, 1.82) is 0 Å².